The Morgan fingerprint density at radius 1 is 1.04 bits per heavy atom. The highest BCUT2D eigenvalue weighted by Crippen LogP contribution is 2.60. The average molecular weight is 686 g/mol. The Labute approximate surface area is 283 Å². The summed E-state index contributed by atoms with van der Waals surface area (Å²) in [6, 6.07) is 2.65. The van der Waals surface area contributed by atoms with Crippen molar-refractivity contribution in [3.8, 4) is 0 Å². The first kappa shape index (κ1) is 33.9. The maximum Gasteiger partial charge on any atom is 0.341 e. The number of anilines is 1. The monoisotopic (exact) mass is 685 g/mol. The molecule has 8 rings (SSSR count). The summed E-state index contributed by atoms with van der Waals surface area (Å²) >= 11 is 0. The van der Waals surface area contributed by atoms with Crippen LogP contribution in [0, 0.1) is 29.5 Å². The predicted octanol–water partition coefficient (Wildman–Crippen LogP) is 4.04. The fourth-order valence-electron chi connectivity index (χ4n) is 8.81. The summed E-state index contributed by atoms with van der Waals surface area (Å²) in [5.41, 5.74) is -1.21. The van der Waals surface area contributed by atoms with Gasteiger partial charge in [-0.25, -0.2) is 19.0 Å². The standard InChI is InChI=1S/C35H44FN3O10/c1-5-37-18-22(31(43)44)30(42)21-16-25(36)27(17-26(21)37)38-12-14-39(15-13-38)28(40)8-9-29(41)45-32-20(3)24-7-6-19(2)23-10-11-34(4)47-33(46-32)35(23,24)49-48-34/h16-20,23-24,32-33H,5-15H2,1-4H3,(H,43,44)/t19-,20-,23?,24+,32+,33-,34+,35?/m1/s1. The highest BCUT2D eigenvalue weighted by atomic mass is 19.1. The molecule has 13 nitrogen and oxygen atoms in total. The van der Waals surface area contributed by atoms with Crippen LogP contribution >= 0.6 is 0 Å². The lowest BCUT2D eigenvalue weighted by Crippen LogP contribution is -2.70. The van der Waals surface area contributed by atoms with Gasteiger partial charge in [0.25, 0.3) is 0 Å². The van der Waals surface area contributed by atoms with Crippen LogP contribution in [0.2, 0.25) is 0 Å². The maximum atomic E-state index is 15.3. The molecule has 266 valence electrons. The Hall–Kier alpha value is -3.59. The van der Waals surface area contributed by atoms with E-state index in [2.05, 4.69) is 6.92 Å². The molecule has 6 fully saturated rings. The number of hydrogen-bond donors (Lipinski definition) is 1. The lowest BCUT2D eigenvalue weighted by atomic mass is 9.58. The smallest absolute Gasteiger partial charge is 0.341 e. The lowest BCUT2D eigenvalue weighted by Gasteiger charge is -2.59. The average Bonchev–Trinajstić information content (AvgIpc) is 3.31. The van der Waals surface area contributed by atoms with Gasteiger partial charge in [-0.2, -0.15) is 0 Å². The number of carboxylic acid groups (broad SMARTS) is 1. The van der Waals surface area contributed by atoms with Crippen LogP contribution in [0.25, 0.3) is 10.9 Å². The zero-order valence-electron chi connectivity index (χ0n) is 28.3. The van der Waals surface area contributed by atoms with E-state index in [0.717, 1.165) is 25.3 Å². The zero-order chi connectivity index (χ0) is 34.8. The first-order chi connectivity index (χ1) is 23.3. The van der Waals surface area contributed by atoms with Crippen LogP contribution in [0.5, 0.6) is 0 Å². The summed E-state index contributed by atoms with van der Waals surface area (Å²) in [7, 11) is 0. The number of piperazine rings is 1. The zero-order valence-corrected chi connectivity index (χ0v) is 28.3. The Morgan fingerprint density at radius 2 is 1.80 bits per heavy atom. The van der Waals surface area contributed by atoms with Crippen molar-refractivity contribution in [3.05, 3.63) is 39.9 Å². The van der Waals surface area contributed by atoms with Crippen LogP contribution in [0.15, 0.2) is 23.1 Å². The van der Waals surface area contributed by atoms with Gasteiger partial charge in [-0.15, -0.1) is 0 Å². The number of esters is 1. The van der Waals surface area contributed by atoms with Gasteiger partial charge in [0.05, 0.1) is 17.6 Å². The molecule has 1 aromatic carbocycles. The first-order valence-corrected chi connectivity index (χ1v) is 17.4. The minimum absolute atomic E-state index is 0.000565. The minimum Gasteiger partial charge on any atom is -0.477 e. The number of benzene rings is 1. The van der Waals surface area contributed by atoms with Crippen molar-refractivity contribution in [2.24, 2.45) is 23.7 Å². The van der Waals surface area contributed by atoms with Crippen LogP contribution in [-0.2, 0) is 40.1 Å². The number of pyridine rings is 1. The molecule has 0 radical (unpaired) electrons. The third-order valence-electron chi connectivity index (χ3n) is 11.6. The van der Waals surface area contributed by atoms with Crippen LogP contribution in [0.1, 0.15) is 76.6 Å². The van der Waals surface area contributed by atoms with Gasteiger partial charge in [0.1, 0.15) is 11.4 Å². The third-order valence-corrected chi connectivity index (χ3v) is 11.6. The van der Waals surface area contributed by atoms with Gasteiger partial charge < -0.3 is 33.7 Å². The molecule has 14 heteroatoms. The van der Waals surface area contributed by atoms with Crippen molar-refractivity contribution in [2.75, 3.05) is 31.1 Å². The van der Waals surface area contributed by atoms with Crippen LogP contribution in [0.4, 0.5) is 10.1 Å². The van der Waals surface area contributed by atoms with Gasteiger partial charge in [0.2, 0.25) is 23.4 Å². The Balaban J connectivity index is 0.957. The van der Waals surface area contributed by atoms with Gasteiger partial charge in [-0.05, 0) is 57.1 Å². The highest BCUT2D eigenvalue weighted by Gasteiger charge is 2.69. The second-order valence-corrected chi connectivity index (χ2v) is 14.4. The molecule has 6 heterocycles. The molecule has 49 heavy (non-hydrogen) atoms. The molecule has 2 aromatic rings. The number of rotatable bonds is 7. The summed E-state index contributed by atoms with van der Waals surface area (Å²) in [4.78, 5) is 65.9. The summed E-state index contributed by atoms with van der Waals surface area (Å²) < 4.78 is 35.4. The number of ether oxygens (including phenoxy) is 3. The van der Waals surface area contributed by atoms with Gasteiger partial charge in [-0.3, -0.25) is 14.4 Å². The van der Waals surface area contributed by atoms with Crippen molar-refractivity contribution < 1.29 is 47.9 Å². The largest absolute Gasteiger partial charge is 0.477 e. The third kappa shape index (κ3) is 5.70. The van der Waals surface area contributed by atoms with E-state index < -0.39 is 52.7 Å². The normalized spacial score (nSPS) is 34.0. The van der Waals surface area contributed by atoms with Crippen LogP contribution in [-0.4, -0.2) is 82.6 Å². The van der Waals surface area contributed by atoms with Gasteiger partial charge >= 0.3 is 11.9 Å². The Bertz CT molecular complexity index is 1730. The quantitative estimate of drug-likeness (QED) is 0.333. The second-order valence-electron chi connectivity index (χ2n) is 14.4. The number of aromatic carboxylic acids is 1. The van der Waals surface area contributed by atoms with Gasteiger partial charge in [0, 0.05) is 69.0 Å². The molecule has 1 amide bonds. The van der Waals surface area contributed by atoms with E-state index in [1.165, 1.54) is 6.20 Å². The minimum atomic E-state index is -1.37. The Kier molecular flexibility index (Phi) is 8.73. The fraction of sp³-hybridized carbons (Fsp3) is 0.657. The summed E-state index contributed by atoms with van der Waals surface area (Å²) in [6.45, 7) is 9.57. The topological polar surface area (TPSA) is 146 Å². The van der Waals surface area contributed by atoms with E-state index in [9.17, 15) is 24.3 Å². The molecule has 1 aliphatic carbocycles. The van der Waals surface area contributed by atoms with Crippen molar-refractivity contribution >= 4 is 34.4 Å². The number of carbonyl (C=O) groups excluding carboxylic acids is 2. The molecule has 8 atom stereocenters. The first-order valence-electron chi connectivity index (χ1n) is 17.4. The molecule has 1 N–H and O–H groups in total. The van der Waals surface area contributed by atoms with Crippen molar-refractivity contribution in [1.29, 1.82) is 0 Å². The number of aromatic nitrogens is 1. The molecule has 5 aliphatic heterocycles. The summed E-state index contributed by atoms with van der Waals surface area (Å²) in [5, 5.41) is 9.41. The van der Waals surface area contributed by atoms with E-state index in [-0.39, 0.29) is 47.6 Å². The van der Waals surface area contributed by atoms with E-state index in [0.29, 0.717) is 50.6 Å². The summed E-state index contributed by atoms with van der Waals surface area (Å²) in [5.74, 6) is -3.24. The number of carboxylic acids is 1. The van der Waals surface area contributed by atoms with Gasteiger partial charge in [0.15, 0.2) is 11.9 Å². The lowest BCUT2D eigenvalue weighted by molar-refractivity contribution is -0.576. The highest BCUT2D eigenvalue weighted by molar-refractivity contribution is 5.93. The maximum absolute atomic E-state index is 15.3. The molecule has 1 aromatic heterocycles. The fourth-order valence-corrected chi connectivity index (χ4v) is 8.81. The molecule has 6 aliphatic rings. The SMILES string of the molecule is CCn1cc(C(=O)O)c(=O)c2cc(F)c(N3CCN(C(=O)CCC(=O)O[C@H]4O[C@@H]5O[C@]6(C)CCC7[C@H](C)CC[C@@H]([C@H]4C)C75OO6)CC3)cc21. The number of nitrogens with zero attached hydrogens (tertiary/aromatic N) is 3. The second kappa shape index (κ2) is 12.6. The van der Waals surface area contributed by atoms with E-state index >= 15 is 4.39 Å². The number of hydrogen-bond acceptors (Lipinski definition) is 10. The number of amides is 1. The van der Waals surface area contributed by atoms with E-state index in [1.54, 1.807) is 20.4 Å². The number of aryl methyl sites for hydroxylation is 1. The molecule has 1 saturated carbocycles. The summed E-state index contributed by atoms with van der Waals surface area (Å²) in [6.07, 6.45) is 3.01. The molecule has 5 saturated heterocycles. The van der Waals surface area contributed by atoms with Gasteiger partial charge in [-0.1, -0.05) is 13.8 Å². The van der Waals surface area contributed by atoms with Crippen LogP contribution < -0.4 is 10.3 Å². The van der Waals surface area contributed by atoms with E-state index in [1.807, 2.05) is 20.8 Å². The van der Waals surface area contributed by atoms with Crippen molar-refractivity contribution in [3.63, 3.8) is 0 Å². The number of fused-ring (bicyclic) bond motifs is 3. The molecular formula is C35H44FN3O10. The molecule has 2 bridgehead atoms. The Morgan fingerprint density at radius 3 is 2.51 bits per heavy atom. The van der Waals surface area contributed by atoms with Crippen LogP contribution in [0.3, 0.4) is 0 Å². The van der Waals surface area contributed by atoms with Crippen molar-refractivity contribution in [1.82, 2.24) is 9.47 Å². The van der Waals surface area contributed by atoms with Crippen molar-refractivity contribution in [2.45, 2.75) is 96.7 Å². The number of carbonyl (C=O) groups is 3. The van der Waals surface area contributed by atoms with E-state index in [4.69, 9.17) is 24.0 Å². The molecule has 2 unspecified atom stereocenters. The molecular weight excluding hydrogens is 641 g/mol. The molecule has 1 spiro atoms. The predicted molar refractivity (Wildman–Crippen MR) is 172 cm³/mol. The number of halogens is 1.